The molecule has 0 radical (unpaired) electrons. The van der Waals surface area contributed by atoms with Crippen LogP contribution in [-0.2, 0) is 20.4 Å². The number of benzene rings is 1. The molecule has 0 fully saturated rings. The molecule has 24 heavy (non-hydrogen) atoms. The third kappa shape index (κ3) is 3.70. The van der Waals surface area contributed by atoms with Gasteiger partial charge in [0.1, 0.15) is 5.92 Å². The van der Waals surface area contributed by atoms with E-state index in [0.29, 0.717) is 19.6 Å². The standard InChI is InChI=1S/C18H28N2O3Si/c1-18(2,3)24(4,5)23-11-10-20-15-9-7-6-8-13(15)12-14(16(19)21)17(20)22/h6-9,14H,10-12H2,1-5H3,(H2,19,21). The molecule has 0 spiro atoms. The Kier molecular flexibility index (Phi) is 5.20. The Morgan fingerprint density at radius 3 is 2.54 bits per heavy atom. The lowest BCUT2D eigenvalue weighted by molar-refractivity contribution is -0.132. The number of nitrogens with two attached hydrogens (primary N) is 1. The lowest BCUT2D eigenvalue weighted by atomic mass is 9.91. The molecule has 5 nitrogen and oxygen atoms in total. The summed E-state index contributed by atoms with van der Waals surface area (Å²) >= 11 is 0. The maximum Gasteiger partial charge on any atom is 0.239 e. The summed E-state index contributed by atoms with van der Waals surface area (Å²) in [7, 11) is -1.87. The summed E-state index contributed by atoms with van der Waals surface area (Å²) < 4.78 is 6.18. The number of hydrogen-bond donors (Lipinski definition) is 1. The Morgan fingerprint density at radius 1 is 1.33 bits per heavy atom. The van der Waals surface area contributed by atoms with Crippen molar-refractivity contribution in [1.82, 2.24) is 0 Å². The van der Waals surface area contributed by atoms with Gasteiger partial charge in [0, 0.05) is 12.2 Å². The lowest BCUT2D eigenvalue weighted by Crippen LogP contribution is -2.49. The highest BCUT2D eigenvalue weighted by molar-refractivity contribution is 6.74. The van der Waals surface area contributed by atoms with Crippen LogP contribution in [0.25, 0.3) is 0 Å². The van der Waals surface area contributed by atoms with Gasteiger partial charge in [-0.2, -0.15) is 0 Å². The van der Waals surface area contributed by atoms with E-state index in [-0.39, 0.29) is 10.9 Å². The molecule has 1 atom stereocenters. The summed E-state index contributed by atoms with van der Waals surface area (Å²) in [6, 6.07) is 7.67. The molecule has 0 saturated heterocycles. The number of hydrogen-bond acceptors (Lipinski definition) is 3. The van der Waals surface area contributed by atoms with E-state index in [1.165, 1.54) is 0 Å². The zero-order valence-electron chi connectivity index (χ0n) is 15.3. The minimum atomic E-state index is -1.87. The molecule has 2 rings (SSSR count). The summed E-state index contributed by atoms with van der Waals surface area (Å²) in [5.74, 6) is -1.57. The normalized spacial score (nSPS) is 18.5. The van der Waals surface area contributed by atoms with E-state index in [4.69, 9.17) is 10.2 Å². The molecule has 0 saturated carbocycles. The highest BCUT2D eigenvalue weighted by Crippen LogP contribution is 2.37. The fourth-order valence-electron chi connectivity index (χ4n) is 2.62. The Bertz CT molecular complexity index is 637. The van der Waals surface area contributed by atoms with Crippen molar-refractivity contribution in [2.24, 2.45) is 11.7 Å². The maximum absolute atomic E-state index is 12.7. The predicted octanol–water partition coefficient (Wildman–Crippen LogP) is 2.70. The molecule has 1 aromatic carbocycles. The monoisotopic (exact) mass is 348 g/mol. The molecule has 2 N–H and O–H groups in total. The number of anilines is 1. The topological polar surface area (TPSA) is 72.6 Å². The number of para-hydroxylation sites is 1. The third-order valence-corrected chi connectivity index (χ3v) is 9.74. The first-order valence-electron chi connectivity index (χ1n) is 8.37. The first kappa shape index (κ1) is 18.7. The Morgan fingerprint density at radius 2 is 1.96 bits per heavy atom. The highest BCUT2D eigenvalue weighted by Gasteiger charge is 2.39. The van der Waals surface area contributed by atoms with Crippen LogP contribution in [0.3, 0.4) is 0 Å². The van der Waals surface area contributed by atoms with Crippen molar-refractivity contribution in [1.29, 1.82) is 0 Å². The van der Waals surface area contributed by atoms with Gasteiger partial charge in [-0.1, -0.05) is 39.0 Å². The largest absolute Gasteiger partial charge is 0.415 e. The first-order chi connectivity index (χ1) is 11.0. The Labute approximate surface area is 145 Å². The third-order valence-electron chi connectivity index (χ3n) is 5.20. The van der Waals surface area contributed by atoms with Crippen LogP contribution in [0.5, 0.6) is 0 Å². The molecule has 0 aliphatic carbocycles. The number of carbonyl (C=O) groups is 2. The van der Waals surface area contributed by atoms with Crippen molar-refractivity contribution in [2.75, 3.05) is 18.1 Å². The van der Waals surface area contributed by atoms with Crippen LogP contribution in [0.4, 0.5) is 5.69 Å². The summed E-state index contributed by atoms with van der Waals surface area (Å²) in [5, 5.41) is 0.118. The molecule has 0 bridgehead atoms. The van der Waals surface area contributed by atoms with Gasteiger partial charge in [0.2, 0.25) is 11.8 Å². The minimum Gasteiger partial charge on any atom is -0.415 e. The average molecular weight is 349 g/mol. The van der Waals surface area contributed by atoms with Crippen molar-refractivity contribution in [3.8, 4) is 0 Å². The van der Waals surface area contributed by atoms with Crippen LogP contribution in [-0.4, -0.2) is 33.3 Å². The predicted molar refractivity (Wildman–Crippen MR) is 98.3 cm³/mol. The fourth-order valence-corrected chi connectivity index (χ4v) is 3.66. The van der Waals surface area contributed by atoms with E-state index in [1.54, 1.807) is 4.90 Å². The van der Waals surface area contributed by atoms with E-state index in [1.807, 2.05) is 24.3 Å². The SMILES string of the molecule is CC(C)(C)[Si](C)(C)OCCN1C(=O)C(C(N)=O)Cc2ccccc21. The lowest BCUT2D eigenvalue weighted by Gasteiger charge is -2.38. The first-order valence-corrected chi connectivity index (χ1v) is 11.3. The van der Waals surface area contributed by atoms with Gasteiger partial charge < -0.3 is 15.1 Å². The van der Waals surface area contributed by atoms with E-state index in [2.05, 4.69) is 33.9 Å². The zero-order chi connectivity index (χ0) is 18.1. The highest BCUT2D eigenvalue weighted by atomic mass is 28.4. The molecule has 1 aromatic rings. The van der Waals surface area contributed by atoms with Crippen LogP contribution in [0.1, 0.15) is 26.3 Å². The fraction of sp³-hybridized carbons (Fsp3) is 0.556. The number of amides is 2. The Balaban J connectivity index is 2.16. The quantitative estimate of drug-likeness (QED) is 0.657. The van der Waals surface area contributed by atoms with Gasteiger partial charge in [-0.3, -0.25) is 9.59 Å². The van der Waals surface area contributed by atoms with Crippen LogP contribution in [0.15, 0.2) is 24.3 Å². The average Bonchev–Trinajstić information content (AvgIpc) is 2.47. The van der Waals surface area contributed by atoms with Crippen LogP contribution >= 0.6 is 0 Å². The molecule has 1 heterocycles. The van der Waals surface area contributed by atoms with Gasteiger partial charge in [-0.25, -0.2) is 0 Å². The molecule has 1 aliphatic heterocycles. The molecular weight excluding hydrogens is 320 g/mol. The van der Waals surface area contributed by atoms with Gasteiger partial charge >= 0.3 is 0 Å². The number of rotatable bonds is 5. The van der Waals surface area contributed by atoms with E-state index >= 15 is 0 Å². The van der Waals surface area contributed by atoms with Gasteiger partial charge in [0.15, 0.2) is 8.32 Å². The number of carbonyl (C=O) groups excluding carboxylic acids is 2. The van der Waals surface area contributed by atoms with Gasteiger partial charge in [0.25, 0.3) is 0 Å². The van der Waals surface area contributed by atoms with Crippen LogP contribution in [0.2, 0.25) is 18.1 Å². The second-order valence-corrected chi connectivity index (χ2v) is 12.7. The van der Waals surface area contributed by atoms with E-state index in [9.17, 15) is 9.59 Å². The zero-order valence-corrected chi connectivity index (χ0v) is 16.3. The number of fused-ring (bicyclic) bond motifs is 1. The summed E-state index contributed by atoms with van der Waals surface area (Å²) in [6.07, 6.45) is 0.379. The molecule has 0 aromatic heterocycles. The van der Waals surface area contributed by atoms with Gasteiger partial charge in [-0.15, -0.1) is 0 Å². The maximum atomic E-state index is 12.7. The molecule has 2 amide bonds. The van der Waals surface area contributed by atoms with Gasteiger partial charge in [-0.05, 0) is 36.2 Å². The second-order valence-electron chi connectivity index (χ2n) is 7.89. The summed E-state index contributed by atoms with van der Waals surface area (Å²) in [5.41, 5.74) is 7.26. The molecule has 6 heteroatoms. The number of primary amides is 1. The van der Waals surface area contributed by atoms with Crippen molar-refractivity contribution < 1.29 is 14.0 Å². The van der Waals surface area contributed by atoms with Crippen LogP contribution < -0.4 is 10.6 Å². The Hall–Kier alpha value is -1.66. The van der Waals surface area contributed by atoms with E-state index < -0.39 is 20.1 Å². The second kappa shape index (κ2) is 6.68. The molecule has 1 aliphatic rings. The van der Waals surface area contributed by atoms with Crippen LogP contribution in [0, 0.1) is 5.92 Å². The molecule has 1 unspecified atom stereocenters. The van der Waals surface area contributed by atoms with Crippen molar-refractivity contribution in [3.05, 3.63) is 29.8 Å². The summed E-state index contributed by atoms with van der Waals surface area (Å²) in [4.78, 5) is 26.0. The number of nitrogens with zero attached hydrogens (tertiary/aromatic N) is 1. The van der Waals surface area contributed by atoms with E-state index in [0.717, 1.165) is 11.3 Å². The van der Waals surface area contributed by atoms with Crippen molar-refractivity contribution in [3.63, 3.8) is 0 Å². The smallest absolute Gasteiger partial charge is 0.239 e. The van der Waals surface area contributed by atoms with Crippen molar-refractivity contribution in [2.45, 2.75) is 45.3 Å². The minimum absolute atomic E-state index is 0.118. The summed E-state index contributed by atoms with van der Waals surface area (Å²) in [6.45, 7) is 11.8. The molecule has 132 valence electrons. The van der Waals surface area contributed by atoms with Crippen molar-refractivity contribution >= 4 is 25.8 Å². The van der Waals surface area contributed by atoms with Gasteiger partial charge in [0.05, 0.1) is 6.61 Å². The molecular formula is C18H28N2O3Si.